The van der Waals surface area contributed by atoms with E-state index in [1.807, 2.05) is 0 Å². The fourth-order valence-corrected chi connectivity index (χ4v) is 1.81. The molecule has 0 aliphatic carbocycles. The van der Waals surface area contributed by atoms with Gasteiger partial charge in [-0.15, -0.1) is 0 Å². The molecule has 1 aliphatic rings. The number of aromatic nitrogens is 1. The van der Waals surface area contributed by atoms with Gasteiger partial charge in [0.1, 0.15) is 5.75 Å². The summed E-state index contributed by atoms with van der Waals surface area (Å²) in [6.45, 7) is 3.34. The van der Waals surface area contributed by atoms with Crippen molar-refractivity contribution < 1.29 is 10.2 Å². The van der Waals surface area contributed by atoms with Gasteiger partial charge in [0, 0.05) is 30.4 Å². The first kappa shape index (κ1) is 10.4. The Morgan fingerprint density at radius 2 is 2.13 bits per heavy atom. The van der Waals surface area contributed by atoms with Crippen LogP contribution in [-0.4, -0.2) is 28.3 Å². The van der Waals surface area contributed by atoms with Gasteiger partial charge in [-0.3, -0.25) is 15.6 Å². The van der Waals surface area contributed by atoms with E-state index in [0.29, 0.717) is 16.8 Å². The second-order valence-electron chi connectivity index (χ2n) is 3.63. The van der Waals surface area contributed by atoms with E-state index in [4.69, 9.17) is 0 Å². The molecule has 0 radical (unpaired) electrons. The smallest absolute Gasteiger partial charge is 0.143 e. The number of rotatable bonds is 2. The van der Waals surface area contributed by atoms with Crippen LogP contribution in [0.5, 0.6) is 5.75 Å². The molecule has 5 nitrogen and oxygen atoms in total. The molecule has 0 aromatic carbocycles. The number of aromatic hydroxyl groups is 1. The Morgan fingerprint density at radius 1 is 1.47 bits per heavy atom. The van der Waals surface area contributed by atoms with Gasteiger partial charge in [-0.2, -0.15) is 0 Å². The van der Waals surface area contributed by atoms with E-state index >= 15 is 0 Å². The van der Waals surface area contributed by atoms with Crippen LogP contribution in [0.3, 0.4) is 0 Å². The Balaban J connectivity index is 2.45. The highest BCUT2D eigenvalue weighted by atomic mass is 16.3. The lowest BCUT2D eigenvalue weighted by molar-refractivity contribution is 0.277. The van der Waals surface area contributed by atoms with Crippen LogP contribution in [0.1, 0.15) is 23.0 Å². The van der Waals surface area contributed by atoms with Crippen molar-refractivity contribution in [3.63, 3.8) is 0 Å². The average molecular weight is 209 g/mol. The zero-order chi connectivity index (χ0) is 10.8. The molecular formula is C10H15N3O2. The van der Waals surface area contributed by atoms with Crippen molar-refractivity contribution >= 4 is 0 Å². The zero-order valence-electron chi connectivity index (χ0n) is 8.62. The van der Waals surface area contributed by atoms with Crippen LogP contribution in [0.15, 0.2) is 6.20 Å². The fourth-order valence-electron chi connectivity index (χ4n) is 1.81. The Labute approximate surface area is 88.2 Å². The summed E-state index contributed by atoms with van der Waals surface area (Å²) in [5, 5.41) is 25.5. The van der Waals surface area contributed by atoms with Crippen LogP contribution in [0, 0.1) is 6.92 Å². The van der Waals surface area contributed by atoms with Gasteiger partial charge in [0.25, 0.3) is 0 Å². The number of pyridine rings is 1. The van der Waals surface area contributed by atoms with Crippen molar-refractivity contribution in [1.29, 1.82) is 0 Å². The molecule has 15 heavy (non-hydrogen) atoms. The lowest BCUT2D eigenvalue weighted by atomic mass is 10.1. The number of nitrogens with one attached hydrogen (secondary N) is 2. The summed E-state index contributed by atoms with van der Waals surface area (Å²) >= 11 is 0. The normalized spacial score (nSPS) is 17.2. The molecule has 0 spiro atoms. The zero-order valence-corrected chi connectivity index (χ0v) is 8.62. The molecule has 0 bridgehead atoms. The van der Waals surface area contributed by atoms with Crippen LogP contribution < -0.4 is 10.6 Å². The Kier molecular flexibility index (Phi) is 2.86. The molecule has 0 saturated carbocycles. The monoisotopic (exact) mass is 209 g/mol. The average Bonchev–Trinajstić information content (AvgIpc) is 2.75. The van der Waals surface area contributed by atoms with Gasteiger partial charge in [-0.1, -0.05) is 0 Å². The molecule has 1 saturated heterocycles. The topological polar surface area (TPSA) is 77.4 Å². The van der Waals surface area contributed by atoms with Gasteiger partial charge in [-0.25, -0.2) is 0 Å². The van der Waals surface area contributed by atoms with Crippen LogP contribution in [-0.2, 0) is 6.61 Å². The lowest BCUT2D eigenvalue weighted by Gasteiger charge is -2.17. The number of aliphatic hydroxyl groups excluding tert-OH is 1. The lowest BCUT2D eigenvalue weighted by Crippen LogP contribution is -2.23. The van der Waals surface area contributed by atoms with Gasteiger partial charge >= 0.3 is 0 Å². The predicted molar refractivity (Wildman–Crippen MR) is 55.3 cm³/mol. The quantitative estimate of drug-likeness (QED) is 0.541. The molecule has 5 heteroatoms. The molecule has 1 aromatic heterocycles. The van der Waals surface area contributed by atoms with Crippen molar-refractivity contribution in [2.24, 2.45) is 0 Å². The minimum Gasteiger partial charge on any atom is -0.506 e. The molecule has 2 heterocycles. The maximum absolute atomic E-state index is 9.92. The summed E-state index contributed by atoms with van der Waals surface area (Å²) in [6.07, 6.45) is 1.51. The largest absolute Gasteiger partial charge is 0.506 e. The second-order valence-corrected chi connectivity index (χ2v) is 3.63. The molecule has 1 aliphatic heterocycles. The Bertz CT molecular complexity index is 362. The highest BCUT2D eigenvalue weighted by Crippen LogP contribution is 2.29. The minimum atomic E-state index is -0.115. The summed E-state index contributed by atoms with van der Waals surface area (Å²) in [4.78, 5) is 4.02. The predicted octanol–water partition coefficient (Wildman–Crippen LogP) is -0.221. The third-order valence-corrected chi connectivity index (χ3v) is 2.64. The van der Waals surface area contributed by atoms with Gasteiger partial charge < -0.3 is 10.2 Å². The Morgan fingerprint density at radius 3 is 2.73 bits per heavy atom. The molecule has 4 N–H and O–H groups in total. The SMILES string of the molecule is Cc1ncc(CO)c(C2NCCN2)c1O. The maximum Gasteiger partial charge on any atom is 0.143 e. The Hall–Kier alpha value is -1.17. The van der Waals surface area contributed by atoms with Crippen molar-refractivity contribution in [3.8, 4) is 5.75 Å². The van der Waals surface area contributed by atoms with Crippen LogP contribution in [0.2, 0.25) is 0 Å². The maximum atomic E-state index is 9.92. The molecule has 0 atom stereocenters. The van der Waals surface area contributed by atoms with E-state index in [1.165, 1.54) is 0 Å². The number of hydrogen-bond acceptors (Lipinski definition) is 5. The number of nitrogens with zero attached hydrogens (tertiary/aromatic N) is 1. The van der Waals surface area contributed by atoms with E-state index in [2.05, 4.69) is 15.6 Å². The van der Waals surface area contributed by atoms with Gasteiger partial charge in [-0.05, 0) is 6.92 Å². The number of aliphatic hydroxyl groups is 1. The third kappa shape index (κ3) is 1.81. The van der Waals surface area contributed by atoms with Crippen LogP contribution in [0.4, 0.5) is 0 Å². The summed E-state index contributed by atoms with van der Waals surface area (Å²) in [7, 11) is 0. The molecular weight excluding hydrogens is 194 g/mol. The first-order valence-corrected chi connectivity index (χ1v) is 4.99. The molecule has 2 rings (SSSR count). The first-order valence-electron chi connectivity index (χ1n) is 4.99. The van der Waals surface area contributed by atoms with E-state index in [0.717, 1.165) is 13.1 Å². The highest BCUT2D eigenvalue weighted by molar-refractivity contribution is 5.42. The van der Waals surface area contributed by atoms with Crippen molar-refractivity contribution in [1.82, 2.24) is 15.6 Å². The van der Waals surface area contributed by atoms with Gasteiger partial charge in [0.15, 0.2) is 0 Å². The molecule has 0 amide bonds. The summed E-state index contributed by atoms with van der Waals surface area (Å²) in [5.41, 5.74) is 1.95. The molecule has 82 valence electrons. The van der Waals surface area contributed by atoms with Crippen LogP contribution >= 0.6 is 0 Å². The second kappa shape index (κ2) is 4.14. The number of aryl methyl sites for hydroxylation is 1. The van der Waals surface area contributed by atoms with Crippen molar-refractivity contribution in [2.75, 3.05) is 13.1 Å². The summed E-state index contributed by atoms with van der Waals surface area (Å²) in [5.74, 6) is 0.161. The molecule has 1 aromatic rings. The third-order valence-electron chi connectivity index (χ3n) is 2.64. The fraction of sp³-hybridized carbons (Fsp3) is 0.500. The molecule has 0 unspecified atom stereocenters. The highest BCUT2D eigenvalue weighted by Gasteiger charge is 2.23. The molecule has 1 fully saturated rings. The van der Waals surface area contributed by atoms with E-state index < -0.39 is 0 Å². The summed E-state index contributed by atoms with van der Waals surface area (Å²) < 4.78 is 0. The van der Waals surface area contributed by atoms with Crippen molar-refractivity contribution in [2.45, 2.75) is 19.7 Å². The van der Waals surface area contributed by atoms with Crippen LogP contribution in [0.25, 0.3) is 0 Å². The van der Waals surface area contributed by atoms with Gasteiger partial charge in [0.05, 0.1) is 18.5 Å². The standard InChI is InChI=1S/C10H15N3O2/c1-6-9(15)8(7(5-14)4-13-6)10-11-2-3-12-10/h4,10-12,14-15H,2-3,5H2,1H3. The van der Waals surface area contributed by atoms with Crippen molar-refractivity contribution in [3.05, 3.63) is 23.0 Å². The summed E-state index contributed by atoms with van der Waals surface area (Å²) in [6, 6.07) is 0. The van der Waals surface area contributed by atoms with E-state index in [1.54, 1.807) is 13.1 Å². The van der Waals surface area contributed by atoms with Gasteiger partial charge in [0.2, 0.25) is 0 Å². The van der Waals surface area contributed by atoms with E-state index in [-0.39, 0.29) is 18.5 Å². The number of hydrogen-bond donors (Lipinski definition) is 4. The first-order chi connectivity index (χ1) is 7.24. The van der Waals surface area contributed by atoms with E-state index in [9.17, 15) is 10.2 Å². The minimum absolute atomic E-state index is 0.0890.